The van der Waals surface area contributed by atoms with Crippen LogP contribution in [0.15, 0.2) is 249 Å². The predicted molar refractivity (Wildman–Crippen MR) is 294 cm³/mol. The minimum atomic E-state index is -0.438. The van der Waals surface area contributed by atoms with Crippen LogP contribution in [0.1, 0.15) is 51.5 Å². The van der Waals surface area contributed by atoms with Crippen molar-refractivity contribution in [2.75, 3.05) is 4.90 Å². The van der Waals surface area contributed by atoms with Gasteiger partial charge in [-0.25, -0.2) is 0 Å². The average molecular weight is 908 g/mol. The quantitative estimate of drug-likeness (QED) is 0.158. The Hall–Kier alpha value is -8.72. The molecule has 3 atom stereocenters. The number of hydrogen-bond donors (Lipinski definition) is 0. The van der Waals surface area contributed by atoms with Crippen molar-refractivity contribution in [3.63, 3.8) is 0 Å². The second kappa shape index (κ2) is 16.8. The van der Waals surface area contributed by atoms with Gasteiger partial charge in [0, 0.05) is 39.7 Å². The fourth-order valence-corrected chi connectivity index (χ4v) is 12.3. The van der Waals surface area contributed by atoms with Crippen LogP contribution in [0, 0.1) is 5.92 Å². The highest BCUT2D eigenvalue weighted by Gasteiger charge is 2.57. The van der Waals surface area contributed by atoms with Gasteiger partial charge in [-0.1, -0.05) is 218 Å². The summed E-state index contributed by atoms with van der Waals surface area (Å²) in [4.78, 5) is 2.38. The van der Waals surface area contributed by atoms with Crippen molar-refractivity contribution >= 4 is 29.2 Å². The third-order valence-electron chi connectivity index (χ3n) is 15.6. The highest BCUT2D eigenvalue weighted by atomic mass is 16.5. The molecule has 1 heterocycles. The lowest BCUT2D eigenvalue weighted by atomic mass is 9.58. The van der Waals surface area contributed by atoms with Crippen molar-refractivity contribution in [3.05, 3.63) is 288 Å². The van der Waals surface area contributed by atoms with E-state index in [0.29, 0.717) is 0 Å². The van der Waals surface area contributed by atoms with Crippen molar-refractivity contribution in [1.29, 1.82) is 0 Å². The summed E-state index contributed by atoms with van der Waals surface area (Å²) in [7, 11) is 0. The van der Waals surface area contributed by atoms with Crippen molar-refractivity contribution in [2.45, 2.75) is 24.4 Å². The molecule has 71 heavy (non-hydrogen) atoms. The number of rotatable bonds is 7. The Morgan fingerprint density at radius 1 is 0.408 bits per heavy atom. The van der Waals surface area contributed by atoms with Crippen molar-refractivity contribution in [2.24, 2.45) is 5.92 Å². The molecule has 0 bridgehead atoms. The lowest BCUT2D eigenvalue weighted by Crippen LogP contribution is -2.45. The van der Waals surface area contributed by atoms with Gasteiger partial charge in [0.25, 0.3) is 0 Å². The fraction of sp³-hybridized carbons (Fsp3) is 0.0725. The number of anilines is 3. The SMILES string of the molecule is C1=Cc2c(ccc3c2OC2c4ccccc4C=CC2C32c3ccccc3-c3cc(-c4ccc(N(c5ccc(-c6ccc(-c7ccccc7)cc6)cc5)c5cccc(-c6ccccc6)c5)cc4)ccc32)CC1. The van der Waals surface area contributed by atoms with Crippen LogP contribution in [-0.2, 0) is 11.8 Å². The summed E-state index contributed by atoms with van der Waals surface area (Å²) in [5.74, 6) is 1.10. The second-order valence-corrected chi connectivity index (χ2v) is 19.4. The number of aryl methyl sites for hydroxylation is 1. The maximum atomic E-state index is 7.33. The molecule has 0 saturated carbocycles. The normalized spacial score (nSPS) is 17.5. The number of allylic oxidation sites excluding steroid dienone is 1. The number of benzene rings is 10. The van der Waals surface area contributed by atoms with E-state index < -0.39 is 5.41 Å². The van der Waals surface area contributed by atoms with Gasteiger partial charge in [0.1, 0.15) is 11.9 Å². The zero-order chi connectivity index (χ0) is 46.9. The number of ether oxygens (including phenoxy) is 1. The molecule has 4 aliphatic rings. The van der Waals surface area contributed by atoms with E-state index in [0.717, 1.165) is 35.7 Å². The summed E-state index contributed by atoms with van der Waals surface area (Å²) < 4.78 is 7.33. The maximum absolute atomic E-state index is 7.33. The Bertz CT molecular complexity index is 3720. The van der Waals surface area contributed by atoms with E-state index in [2.05, 4.69) is 266 Å². The molecule has 3 aliphatic carbocycles. The summed E-state index contributed by atoms with van der Waals surface area (Å²) in [6.07, 6.45) is 11.4. The fourth-order valence-electron chi connectivity index (χ4n) is 12.3. The molecule has 0 fully saturated rings. The molecule has 336 valence electrons. The van der Waals surface area contributed by atoms with E-state index in [-0.39, 0.29) is 12.0 Å². The van der Waals surface area contributed by atoms with E-state index in [1.54, 1.807) is 0 Å². The van der Waals surface area contributed by atoms with Gasteiger partial charge in [-0.05, 0) is 133 Å². The zero-order valence-electron chi connectivity index (χ0n) is 39.3. The standard InChI is InChI=1S/C69H49NO/c1-3-14-46(15-4-1)48-26-28-49(29-27-48)50-30-37-56(38-31-50)70(58-21-13-20-54(44-58)47-16-5-2-6-17-47)57-39-32-51(33-40-57)55-36-41-64-62(45-55)61-24-11-12-25-63(61)69(64)65-42-34-52-18-7-9-22-59(52)67(65)71-68-60-23-10-8-19-53(60)35-43-66(68)69/h1-7,9-18,20-45,65,67H,8,19H2. The van der Waals surface area contributed by atoms with Gasteiger partial charge in [0.05, 0.1) is 5.41 Å². The van der Waals surface area contributed by atoms with Crippen molar-refractivity contribution in [3.8, 4) is 61.4 Å². The van der Waals surface area contributed by atoms with Crippen LogP contribution in [0.2, 0.25) is 0 Å². The van der Waals surface area contributed by atoms with E-state index in [1.807, 2.05) is 0 Å². The third kappa shape index (κ3) is 6.70. The molecule has 2 nitrogen and oxygen atoms in total. The summed E-state index contributed by atoms with van der Waals surface area (Å²) in [6, 6.07) is 87.1. The van der Waals surface area contributed by atoms with Crippen LogP contribution in [0.5, 0.6) is 5.75 Å². The molecule has 0 saturated heterocycles. The predicted octanol–water partition coefficient (Wildman–Crippen LogP) is 17.9. The first-order chi connectivity index (χ1) is 35.2. The van der Waals surface area contributed by atoms with Crippen molar-refractivity contribution < 1.29 is 4.74 Å². The van der Waals surface area contributed by atoms with Gasteiger partial charge in [-0.15, -0.1) is 0 Å². The summed E-state index contributed by atoms with van der Waals surface area (Å²) in [5.41, 5.74) is 24.1. The van der Waals surface area contributed by atoms with Crippen LogP contribution in [0.25, 0.3) is 67.8 Å². The monoisotopic (exact) mass is 907 g/mol. The van der Waals surface area contributed by atoms with Gasteiger partial charge in [-0.3, -0.25) is 0 Å². The third-order valence-corrected chi connectivity index (χ3v) is 15.6. The maximum Gasteiger partial charge on any atom is 0.132 e. The van der Waals surface area contributed by atoms with Crippen LogP contribution >= 0.6 is 0 Å². The number of hydrogen-bond acceptors (Lipinski definition) is 2. The Kier molecular flexibility index (Phi) is 9.74. The molecule has 14 rings (SSSR count). The Morgan fingerprint density at radius 2 is 0.958 bits per heavy atom. The Morgan fingerprint density at radius 3 is 1.69 bits per heavy atom. The molecule has 10 aromatic rings. The largest absolute Gasteiger partial charge is 0.484 e. The molecule has 0 aromatic heterocycles. The topological polar surface area (TPSA) is 12.5 Å². The lowest BCUT2D eigenvalue weighted by molar-refractivity contribution is 0.102. The molecular weight excluding hydrogens is 859 g/mol. The Labute approximate surface area is 416 Å². The van der Waals surface area contributed by atoms with Gasteiger partial charge < -0.3 is 9.64 Å². The van der Waals surface area contributed by atoms with Crippen LogP contribution in [-0.4, -0.2) is 0 Å². The smallest absolute Gasteiger partial charge is 0.132 e. The highest BCUT2D eigenvalue weighted by Crippen LogP contribution is 2.65. The van der Waals surface area contributed by atoms with E-state index in [9.17, 15) is 0 Å². The van der Waals surface area contributed by atoms with Crippen LogP contribution in [0.4, 0.5) is 17.1 Å². The molecule has 0 amide bonds. The van der Waals surface area contributed by atoms with Crippen molar-refractivity contribution in [1.82, 2.24) is 0 Å². The van der Waals surface area contributed by atoms with Gasteiger partial charge in [0.15, 0.2) is 0 Å². The van der Waals surface area contributed by atoms with E-state index >= 15 is 0 Å². The molecule has 3 unspecified atom stereocenters. The molecule has 10 aromatic carbocycles. The van der Waals surface area contributed by atoms with E-state index in [4.69, 9.17) is 4.74 Å². The van der Waals surface area contributed by atoms with Crippen LogP contribution in [0.3, 0.4) is 0 Å². The Balaban J connectivity index is 0.858. The van der Waals surface area contributed by atoms with E-state index in [1.165, 1.54) is 94.6 Å². The minimum absolute atomic E-state index is 0.0590. The number of fused-ring (bicyclic) bond motifs is 13. The molecule has 1 spiro atoms. The molecule has 2 heteroatoms. The molecule has 1 aliphatic heterocycles. The summed E-state index contributed by atoms with van der Waals surface area (Å²) in [5, 5.41) is 0. The summed E-state index contributed by atoms with van der Waals surface area (Å²) >= 11 is 0. The first kappa shape index (κ1) is 41.3. The molecule has 0 N–H and O–H groups in total. The van der Waals surface area contributed by atoms with Crippen LogP contribution < -0.4 is 9.64 Å². The zero-order valence-corrected chi connectivity index (χ0v) is 39.3. The number of nitrogens with zero attached hydrogens (tertiary/aromatic N) is 1. The first-order valence-corrected chi connectivity index (χ1v) is 25.0. The van der Waals surface area contributed by atoms with Gasteiger partial charge >= 0.3 is 0 Å². The summed E-state index contributed by atoms with van der Waals surface area (Å²) in [6.45, 7) is 0. The first-order valence-electron chi connectivity index (χ1n) is 25.0. The average Bonchev–Trinajstić information content (AvgIpc) is 3.74. The highest BCUT2D eigenvalue weighted by molar-refractivity contribution is 5.90. The minimum Gasteiger partial charge on any atom is -0.484 e. The lowest BCUT2D eigenvalue weighted by Gasteiger charge is -2.49. The molecule has 0 radical (unpaired) electrons. The van der Waals surface area contributed by atoms with Gasteiger partial charge in [-0.2, -0.15) is 0 Å². The second-order valence-electron chi connectivity index (χ2n) is 19.4. The molecular formula is C69H49NO. The van der Waals surface area contributed by atoms with Gasteiger partial charge in [0.2, 0.25) is 0 Å².